The average Bonchev–Trinajstić information content (AvgIpc) is 3.21. The zero-order valence-electron chi connectivity index (χ0n) is 21.6. The Bertz CT molecular complexity index is 1490. The molecule has 0 unspecified atom stereocenters. The van der Waals surface area contributed by atoms with Crippen LogP contribution in [-0.2, 0) is 6.42 Å². The molecule has 2 nitrogen and oxygen atoms in total. The van der Waals surface area contributed by atoms with Crippen LogP contribution >= 0.6 is 0 Å². The highest BCUT2D eigenvalue weighted by molar-refractivity contribution is 5.94. The van der Waals surface area contributed by atoms with Gasteiger partial charge in [0.05, 0.1) is 5.69 Å². The van der Waals surface area contributed by atoms with E-state index in [1.807, 2.05) is 6.20 Å². The Kier molecular flexibility index (Phi) is 5.84. The summed E-state index contributed by atoms with van der Waals surface area (Å²) in [5.74, 6) is 1.02. The van der Waals surface area contributed by atoms with Gasteiger partial charge in [-0.1, -0.05) is 75.4 Å². The van der Waals surface area contributed by atoms with Crippen LogP contribution < -0.4 is 0 Å². The molecular weight excluding hydrogens is 426 g/mol. The van der Waals surface area contributed by atoms with Gasteiger partial charge in [-0.3, -0.25) is 4.98 Å². The van der Waals surface area contributed by atoms with Crippen LogP contribution in [0.5, 0.6) is 0 Å². The van der Waals surface area contributed by atoms with Crippen molar-refractivity contribution < 1.29 is 4.42 Å². The number of pyridine rings is 1. The highest BCUT2D eigenvalue weighted by Crippen LogP contribution is 2.37. The average molecular weight is 460 g/mol. The van der Waals surface area contributed by atoms with Gasteiger partial charge in [-0.05, 0) is 83.3 Å². The second-order valence-electron chi connectivity index (χ2n) is 10.9. The van der Waals surface area contributed by atoms with Crippen LogP contribution in [0.4, 0.5) is 0 Å². The van der Waals surface area contributed by atoms with Crippen LogP contribution in [0.1, 0.15) is 43.2 Å². The van der Waals surface area contributed by atoms with Crippen molar-refractivity contribution in [3.8, 4) is 33.5 Å². The number of fused-ring (bicyclic) bond motifs is 1. The van der Waals surface area contributed by atoms with Crippen LogP contribution in [-0.4, -0.2) is 4.98 Å². The van der Waals surface area contributed by atoms with Crippen molar-refractivity contribution in [2.75, 3.05) is 0 Å². The van der Waals surface area contributed by atoms with Crippen LogP contribution in [0.2, 0.25) is 0 Å². The third-order valence-electron chi connectivity index (χ3n) is 6.61. The van der Waals surface area contributed by atoms with Gasteiger partial charge >= 0.3 is 0 Å². The van der Waals surface area contributed by atoms with Crippen molar-refractivity contribution in [3.63, 3.8) is 0 Å². The van der Waals surface area contributed by atoms with Gasteiger partial charge in [-0.2, -0.15) is 0 Å². The van der Waals surface area contributed by atoms with Crippen LogP contribution in [0, 0.1) is 26.2 Å². The first-order valence-corrected chi connectivity index (χ1v) is 12.3. The lowest BCUT2D eigenvalue weighted by atomic mass is 9.89. The summed E-state index contributed by atoms with van der Waals surface area (Å²) in [6, 6.07) is 25.9. The molecule has 0 aliphatic rings. The molecule has 0 radical (unpaired) electrons. The number of furan rings is 1. The lowest BCUT2D eigenvalue weighted by Gasteiger charge is -2.16. The van der Waals surface area contributed by atoms with E-state index < -0.39 is 0 Å². The maximum absolute atomic E-state index is 6.21. The van der Waals surface area contributed by atoms with Gasteiger partial charge < -0.3 is 4.42 Å². The van der Waals surface area contributed by atoms with E-state index in [2.05, 4.69) is 114 Å². The summed E-state index contributed by atoms with van der Waals surface area (Å²) >= 11 is 0. The first-order valence-electron chi connectivity index (χ1n) is 12.3. The highest BCUT2D eigenvalue weighted by atomic mass is 16.3. The predicted octanol–water partition coefficient (Wildman–Crippen LogP) is 9.34. The van der Waals surface area contributed by atoms with Gasteiger partial charge in [0.25, 0.3) is 0 Å². The Hall–Kier alpha value is -3.65. The van der Waals surface area contributed by atoms with Gasteiger partial charge in [0.15, 0.2) is 0 Å². The largest absolute Gasteiger partial charge is 0.461 e. The van der Waals surface area contributed by atoms with Crippen LogP contribution in [0.25, 0.3) is 44.5 Å². The molecule has 0 spiro atoms. The molecule has 2 aromatic heterocycles. The fourth-order valence-corrected chi connectivity index (χ4v) is 5.07. The zero-order valence-corrected chi connectivity index (χ0v) is 21.6. The normalized spacial score (nSPS) is 11.8. The maximum atomic E-state index is 6.21. The summed E-state index contributed by atoms with van der Waals surface area (Å²) < 4.78 is 6.21. The Labute approximate surface area is 208 Å². The number of aryl methyl sites for hydroxylation is 3. The summed E-state index contributed by atoms with van der Waals surface area (Å²) in [5, 5.41) is 1.13. The molecule has 0 bridgehead atoms. The standard InChI is InChI=1S/C33H33NO/c1-21-15-25(24-11-8-7-9-12-24)16-22(2)32(21)28-18-30(34-20-23(28)3)27-13-10-14-31-29(27)17-26(35-31)19-33(4,5)6/h7-18,20H,19H2,1-6H3. The monoisotopic (exact) mass is 459 g/mol. The summed E-state index contributed by atoms with van der Waals surface area (Å²) in [4.78, 5) is 4.85. The second kappa shape index (κ2) is 8.85. The molecule has 5 aromatic rings. The number of nitrogens with zero attached hydrogens (tertiary/aromatic N) is 1. The molecule has 0 aliphatic heterocycles. The minimum absolute atomic E-state index is 0.171. The molecule has 0 atom stereocenters. The van der Waals surface area contributed by atoms with Crippen molar-refractivity contribution in [2.24, 2.45) is 5.41 Å². The van der Waals surface area contributed by atoms with E-state index in [9.17, 15) is 0 Å². The Morgan fingerprint density at radius 1 is 0.714 bits per heavy atom. The number of benzene rings is 3. The third-order valence-corrected chi connectivity index (χ3v) is 6.61. The Morgan fingerprint density at radius 2 is 1.43 bits per heavy atom. The fourth-order valence-electron chi connectivity index (χ4n) is 5.07. The number of rotatable bonds is 4. The van der Waals surface area contributed by atoms with Gasteiger partial charge in [0.2, 0.25) is 0 Å². The molecule has 0 N–H and O–H groups in total. The molecule has 35 heavy (non-hydrogen) atoms. The van der Waals surface area contributed by atoms with Gasteiger partial charge in [-0.25, -0.2) is 0 Å². The summed E-state index contributed by atoms with van der Waals surface area (Å²) in [5.41, 5.74) is 11.9. The summed E-state index contributed by atoms with van der Waals surface area (Å²) in [6.45, 7) is 13.3. The molecule has 5 rings (SSSR count). The van der Waals surface area contributed by atoms with Crippen molar-refractivity contribution >= 4 is 11.0 Å². The smallest absolute Gasteiger partial charge is 0.134 e. The number of hydrogen-bond acceptors (Lipinski definition) is 2. The molecular formula is C33H33NO. The van der Waals surface area contributed by atoms with Crippen molar-refractivity contribution in [1.29, 1.82) is 0 Å². The number of hydrogen-bond donors (Lipinski definition) is 0. The molecule has 3 aromatic carbocycles. The molecule has 2 heterocycles. The topological polar surface area (TPSA) is 26.0 Å². The molecule has 0 saturated carbocycles. The van der Waals surface area contributed by atoms with E-state index in [1.54, 1.807) is 0 Å². The molecule has 0 amide bonds. The Balaban J connectivity index is 1.61. The molecule has 0 aliphatic carbocycles. The van der Waals surface area contributed by atoms with Gasteiger partial charge in [0.1, 0.15) is 11.3 Å². The van der Waals surface area contributed by atoms with E-state index in [0.717, 1.165) is 34.4 Å². The van der Waals surface area contributed by atoms with Crippen LogP contribution in [0.15, 0.2) is 83.4 Å². The minimum atomic E-state index is 0.171. The highest BCUT2D eigenvalue weighted by Gasteiger charge is 2.18. The lowest BCUT2D eigenvalue weighted by molar-refractivity contribution is 0.370. The molecule has 176 valence electrons. The maximum Gasteiger partial charge on any atom is 0.134 e. The summed E-state index contributed by atoms with van der Waals surface area (Å²) in [6.07, 6.45) is 2.91. The predicted molar refractivity (Wildman–Crippen MR) is 148 cm³/mol. The Morgan fingerprint density at radius 3 is 2.11 bits per heavy atom. The first-order chi connectivity index (χ1) is 16.7. The summed E-state index contributed by atoms with van der Waals surface area (Å²) in [7, 11) is 0. The van der Waals surface area contributed by atoms with Crippen molar-refractivity contribution in [2.45, 2.75) is 48.0 Å². The van der Waals surface area contributed by atoms with Gasteiger partial charge in [0, 0.05) is 23.6 Å². The molecule has 0 fully saturated rings. The SMILES string of the molecule is Cc1cnc(-c2cccc3oc(CC(C)(C)C)cc23)cc1-c1c(C)cc(-c2ccccc2)cc1C. The first kappa shape index (κ1) is 23.1. The zero-order chi connectivity index (χ0) is 24.7. The van der Waals surface area contributed by atoms with E-state index in [0.29, 0.717) is 0 Å². The van der Waals surface area contributed by atoms with Gasteiger partial charge in [-0.15, -0.1) is 0 Å². The molecule has 2 heteroatoms. The van der Waals surface area contributed by atoms with E-state index in [-0.39, 0.29) is 5.41 Å². The molecule has 0 saturated heterocycles. The van der Waals surface area contributed by atoms with E-state index >= 15 is 0 Å². The fraction of sp³-hybridized carbons (Fsp3) is 0.242. The second-order valence-corrected chi connectivity index (χ2v) is 10.9. The van der Waals surface area contributed by atoms with Crippen LogP contribution in [0.3, 0.4) is 0 Å². The van der Waals surface area contributed by atoms with E-state index in [1.165, 1.54) is 38.9 Å². The minimum Gasteiger partial charge on any atom is -0.461 e. The van der Waals surface area contributed by atoms with Crippen molar-refractivity contribution in [1.82, 2.24) is 4.98 Å². The lowest BCUT2D eigenvalue weighted by Crippen LogP contribution is -2.08. The van der Waals surface area contributed by atoms with Crippen molar-refractivity contribution in [3.05, 3.63) is 101 Å². The van der Waals surface area contributed by atoms with E-state index in [4.69, 9.17) is 9.40 Å². The number of aromatic nitrogens is 1. The quantitative estimate of drug-likeness (QED) is 0.267. The third kappa shape index (κ3) is 4.66.